The fraction of sp³-hybridized carbons (Fsp3) is 0.625. The SMILES string of the molecule is Cc1ccn(CC(=O)NC2CC(c3nnc(CN(C)C)n3C)C2)n1. The monoisotopic (exact) mass is 331 g/mol. The van der Waals surface area contributed by atoms with Gasteiger partial charge >= 0.3 is 0 Å². The first-order valence-corrected chi connectivity index (χ1v) is 8.24. The highest BCUT2D eigenvalue weighted by molar-refractivity contribution is 5.76. The van der Waals surface area contributed by atoms with Crippen LogP contribution in [0.1, 0.15) is 36.1 Å². The van der Waals surface area contributed by atoms with Gasteiger partial charge < -0.3 is 14.8 Å². The van der Waals surface area contributed by atoms with Crippen molar-refractivity contribution in [1.29, 1.82) is 0 Å². The van der Waals surface area contributed by atoms with Gasteiger partial charge in [0.05, 0.1) is 12.2 Å². The van der Waals surface area contributed by atoms with E-state index in [1.165, 1.54) is 0 Å². The van der Waals surface area contributed by atoms with Crippen LogP contribution in [0.5, 0.6) is 0 Å². The molecule has 1 aliphatic carbocycles. The number of nitrogens with zero attached hydrogens (tertiary/aromatic N) is 6. The number of aromatic nitrogens is 5. The van der Waals surface area contributed by atoms with E-state index in [1.807, 2.05) is 40.3 Å². The van der Waals surface area contributed by atoms with Crippen LogP contribution in [0.25, 0.3) is 0 Å². The zero-order valence-electron chi connectivity index (χ0n) is 14.7. The van der Waals surface area contributed by atoms with Crippen LogP contribution >= 0.6 is 0 Å². The first-order valence-electron chi connectivity index (χ1n) is 8.24. The van der Waals surface area contributed by atoms with Crippen molar-refractivity contribution in [3.8, 4) is 0 Å². The number of amides is 1. The Bertz CT molecular complexity index is 712. The second-order valence-corrected chi connectivity index (χ2v) is 6.86. The number of hydrogen-bond donors (Lipinski definition) is 1. The lowest BCUT2D eigenvalue weighted by Gasteiger charge is -2.35. The highest BCUT2D eigenvalue weighted by Crippen LogP contribution is 2.35. The van der Waals surface area contributed by atoms with E-state index in [0.29, 0.717) is 5.92 Å². The van der Waals surface area contributed by atoms with E-state index < -0.39 is 0 Å². The van der Waals surface area contributed by atoms with Gasteiger partial charge in [-0.15, -0.1) is 10.2 Å². The van der Waals surface area contributed by atoms with Crippen LogP contribution in [0.2, 0.25) is 0 Å². The standard InChI is InChI=1S/C16H25N7O/c1-11-5-6-23(20-11)10-15(24)17-13-7-12(8-13)16-19-18-14(22(16)4)9-21(2)3/h5-6,12-13H,7-10H2,1-4H3,(H,17,24). The molecule has 130 valence electrons. The molecule has 0 saturated heterocycles. The molecule has 2 aromatic rings. The molecular weight excluding hydrogens is 306 g/mol. The molecular formula is C16H25N7O. The highest BCUT2D eigenvalue weighted by atomic mass is 16.2. The molecule has 1 N–H and O–H groups in total. The Balaban J connectivity index is 1.49. The maximum Gasteiger partial charge on any atom is 0.241 e. The largest absolute Gasteiger partial charge is 0.352 e. The van der Waals surface area contributed by atoms with Crippen LogP contribution < -0.4 is 5.32 Å². The molecule has 0 atom stereocenters. The molecule has 0 unspecified atom stereocenters. The van der Waals surface area contributed by atoms with Crippen LogP contribution in [0, 0.1) is 6.92 Å². The van der Waals surface area contributed by atoms with Crippen LogP contribution in [0.3, 0.4) is 0 Å². The number of nitrogens with one attached hydrogen (secondary N) is 1. The molecule has 0 aliphatic heterocycles. The van der Waals surface area contributed by atoms with E-state index in [9.17, 15) is 4.79 Å². The van der Waals surface area contributed by atoms with Crippen LogP contribution in [0.15, 0.2) is 12.3 Å². The van der Waals surface area contributed by atoms with Gasteiger partial charge in [-0.05, 0) is 39.9 Å². The Morgan fingerprint density at radius 3 is 2.75 bits per heavy atom. The molecule has 0 bridgehead atoms. The van der Waals surface area contributed by atoms with Gasteiger partial charge in [-0.2, -0.15) is 5.10 Å². The molecule has 1 aliphatic rings. The highest BCUT2D eigenvalue weighted by Gasteiger charge is 2.34. The summed E-state index contributed by atoms with van der Waals surface area (Å²) in [6, 6.07) is 2.11. The van der Waals surface area contributed by atoms with Crippen molar-refractivity contribution in [2.45, 2.75) is 44.8 Å². The minimum atomic E-state index is 0.00723. The van der Waals surface area contributed by atoms with Gasteiger partial charge in [-0.1, -0.05) is 0 Å². The summed E-state index contributed by atoms with van der Waals surface area (Å²) in [5.41, 5.74) is 0.919. The Hall–Kier alpha value is -2.22. The van der Waals surface area contributed by atoms with Crippen molar-refractivity contribution in [3.05, 3.63) is 29.6 Å². The third kappa shape index (κ3) is 3.64. The summed E-state index contributed by atoms with van der Waals surface area (Å²) < 4.78 is 3.74. The molecule has 3 rings (SSSR count). The quantitative estimate of drug-likeness (QED) is 0.831. The van der Waals surface area contributed by atoms with Crippen molar-refractivity contribution in [3.63, 3.8) is 0 Å². The van der Waals surface area contributed by atoms with Gasteiger partial charge in [0.2, 0.25) is 5.91 Å². The summed E-state index contributed by atoms with van der Waals surface area (Å²) in [4.78, 5) is 14.1. The average Bonchev–Trinajstić information content (AvgIpc) is 3.01. The molecule has 0 aromatic carbocycles. The lowest BCUT2D eigenvalue weighted by molar-refractivity contribution is -0.123. The molecule has 1 amide bonds. The first kappa shape index (κ1) is 16.6. The van der Waals surface area contributed by atoms with Gasteiger partial charge in [-0.25, -0.2) is 0 Å². The van der Waals surface area contributed by atoms with E-state index in [-0.39, 0.29) is 18.5 Å². The fourth-order valence-electron chi connectivity index (χ4n) is 3.07. The minimum Gasteiger partial charge on any atom is -0.352 e. The molecule has 0 spiro atoms. The molecule has 8 nitrogen and oxygen atoms in total. The third-order valence-corrected chi connectivity index (χ3v) is 4.40. The number of rotatable bonds is 6. The van der Waals surface area contributed by atoms with Crippen LogP contribution in [-0.2, 0) is 24.9 Å². The molecule has 2 aromatic heterocycles. The summed E-state index contributed by atoms with van der Waals surface area (Å²) >= 11 is 0. The Morgan fingerprint density at radius 2 is 2.12 bits per heavy atom. The van der Waals surface area contributed by atoms with Gasteiger partial charge in [0.15, 0.2) is 0 Å². The second-order valence-electron chi connectivity index (χ2n) is 6.86. The number of carbonyl (C=O) groups excluding carboxylic acids is 1. The van der Waals surface area contributed by atoms with Gasteiger partial charge in [-0.3, -0.25) is 9.48 Å². The summed E-state index contributed by atoms with van der Waals surface area (Å²) in [7, 11) is 6.05. The molecule has 8 heteroatoms. The van der Waals surface area contributed by atoms with E-state index >= 15 is 0 Å². The number of aryl methyl sites for hydroxylation is 1. The van der Waals surface area contributed by atoms with Crippen molar-refractivity contribution < 1.29 is 4.79 Å². The third-order valence-electron chi connectivity index (χ3n) is 4.40. The molecule has 1 saturated carbocycles. The van der Waals surface area contributed by atoms with Gasteiger partial charge in [0, 0.05) is 25.2 Å². The lowest BCUT2D eigenvalue weighted by atomic mass is 9.79. The maximum atomic E-state index is 12.0. The summed E-state index contributed by atoms with van der Waals surface area (Å²) in [5.74, 6) is 2.36. The second kappa shape index (κ2) is 6.72. The van der Waals surface area contributed by atoms with E-state index in [1.54, 1.807) is 4.68 Å². The fourth-order valence-corrected chi connectivity index (χ4v) is 3.07. The number of carbonyl (C=O) groups is 1. The Morgan fingerprint density at radius 1 is 1.38 bits per heavy atom. The summed E-state index contributed by atoms with van der Waals surface area (Å²) in [6.45, 7) is 2.96. The molecule has 0 radical (unpaired) electrons. The number of hydrogen-bond acceptors (Lipinski definition) is 5. The normalized spacial score (nSPS) is 20.2. The molecule has 24 heavy (non-hydrogen) atoms. The predicted molar refractivity (Wildman–Crippen MR) is 89.3 cm³/mol. The first-order chi connectivity index (χ1) is 11.4. The zero-order valence-corrected chi connectivity index (χ0v) is 14.7. The zero-order chi connectivity index (χ0) is 17.3. The van der Waals surface area contributed by atoms with Crippen molar-refractivity contribution in [1.82, 2.24) is 34.8 Å². The van der Waals surface area contributed by atoms with Crippen molar-refractivity contribution in [2.75, 3.05) is 14.1 Å². The topological polar surface area (TPSA) is 80.9 Å². The van der Waals surface area contributed by atoms with E-state index in [4.69, 9.17) is 0 Å². The van der Waals surface area contributed by atoms with Crippen molar-refractivity contribution in [2.24, 2.45) is 7.05 Å². The van der Waals surface area contributed by atoms with Crippen molar-refractivity contribution >= 4 is 5.91 Å². The predicted octanol–water partition coefficient (Wildman–Crippen LogP) is 0.444. The Kier molecular flexibility index (Phi) is 4.66. The summed E-state index contributed by atoms with van der Waals surface area (Å²) in [5, 5.41) is 15.9. The van der Waals surface area contributed by atoms with Crippen LogP contribution in [0.4, 0.5) is 0 Å². The smallest absolute Gasteiger partial charge is 0.241 e. The molecule has 2 heterocycles. The van der Waals surface area contributed by atoms with Gasteiger partial charge in [0.1, 0.15) is 18.2 Å². The van der Waals surface area contributed by atoms with Crippen LogP contribution in [-0.4, -0.2) is 55.5 Å². The Labute approximate surface area is 141 Å². The van der Waals surface area contributed by atoms with Gasteiger partial charge in [0.25, 0.3) is 0 Å². The minimum absolute atomic E-state index is 0.00723. The van der Waals surface area contributed by atoms with E-state index in [2.05, 4.69) is 30.1 Å². The maximum absolute atomic E-state index is 12.0. The summed E-state index contributed by atoms with van der Waals surface area (Å²) in [6.07, 6.45) is 3.65. The molecule has 1 fully saturated rings. The average molecular weight is 331 g/mol. The van der Waals surface area contributed by atoms with E-state index in [0.717, 1.165) is 36.7 Å². The lowest BCUT2D eigenvalue weighted by Crippen LogP contribution is -2.45.